The van der Waals surface area contributed by atoms with Crippen molar-refractivity contribution in [2.75, 3.05) is 18.0 Å². The predicted octanol–water partition coefficient (Wildman–Crippen LogP) is 1.94. The smallest absolute Gasteiger partial charge is 0.318 e. The average molecular weight is 310 g/mol. The molecule has 4 rings (SSSR count). The summed E-state index contributed by atoms with van der Waals surface area (Å²) >= 11 is 0. The molecule has 23 heavy (non-hydrogen) atoms. The molecule has 3 aromatic heterocycles. The van der Waals surface area contributed by atoms with E-state index in [0.29, 0.717) is 12.6 Å². The maximum atomic E-state index is 5.70. The predicted molar refractivity (Wildman–Crippen MR) is 86.3 cm³/mol. The zero-order valence-electron chi connectivity index (χ0n) is 13.0. The first kappa shape index (κ1) is 13.9. The topological polar surface area (TPSA) is 69.0 Å². The first-order valence-electron chi connectivity index (χ1n) is 7.78. The molecule has 0 amide bonds. The molecule has 0 aromatic carbocycles. The number of aryl methyl sites for hydroxylation is 1. The van der Waals surface area contributed by atoms with Crippen LogP contribution in [-0.4, -0.2) is 37.8 Å². The number of nitrogens with zero attached hydrogens (tertiary/aromatic N) is 6. The van der Waals surface area contributed by atoms with Crippen molar-refractivity contribution < 1.29 is 4.74 Å². The molecular weight excluding hydrogens is 292 g/mol. The quantitative estimate of drug-likeness (QED) is 0.733. The van der Waals surface area contributed by atoms with Crippen LogP contribution in [0.3, 0.4) is 0 Å². The van der Waals surface area contributed by atoms with Gasteiger partial charge in [-0.15, -0.1) is 0 Å². The van der Waals surface area contributed by atoms with Crippen LogP contribution in [0, 0.1) is 0 Å². The minimum absolute atomic E-state index is 0.342. The molecule has 1 saturated heterocycles. The summed E-state index contributed by atoms with van der Waals surface area (Å²) in [5.41, 5.74) is 1.64. The Hall–Kier alpha value is -2.70. The monoisotopic (exact) mass is 310 g/mol. The van der Waals surface area contributed by atoms with Gasteiger partial charge in [-0.05, 0) is 25.0 Å². The van der Waals surface area contributed by atoms with Gasteiger partial charge in [0.2, 0.25) is 0 Å². The summed E-state index contributed by atoms with van der Waals surface area (Å²) in [6.45, 7) is 2.51. The Balaban J connectivity index is 1.49. The molecule has 0 unspecified atom stereocenters. The molecule has 7 nitrogen and oxygen atoms in total. The fourth-order valence-corrected chi connectivity index (χ4v) is 2.80. The molecule has 1 aliphatic heterocycles. The van der Waals surface area contributed by atoms with E-state index in [9.17, 15) is 0 Å². The number of rotatable bonds is 4. The van der Waals surface area contributed by atoms with Gasteiger partial charge >= 0.3 is 6.01 Å². The van der Waals surface area contributed by atoms with Crippen LogP contribution in [-0.2, 0) is 13.7 Å². The molecule has 0 spiro atoms. The number of pyridine rings is 1. The van der Waals surface area contributed by atoms with Gasteiger partial charge in [0.05, 0.1) is 17.3 Å². The summed E-state index contributed by atoms with van der Waals surface area (Å²) in [7, 11) is 1.85. The number of fused-ring (bicyclic) bond motifs is 1. The molecular formula is C16H18N6O. The van der Waals surface area contributed by atoms with Gasteiger partial charge in [-0.3, -0.25) is 4.68 Å². The van der Waals surface area contributed by atoms with Gasteiger partial charge in [0.1, 0.15) is 12.4 Å². The van der Waals surface area contributed by atoms with Crippen LogP contribution >= 0.6 is 0 Å². The fraction of sp³-hybridized carbons (Fsp3) is 0.375. The van der Waals surface area contributed by atoms with Gasteiger partial charge in [-0.1, -0.05) is 6.07 Å². The van der Waals surface area contributed by atoms with Crippen molar-refractivity contribution in [3.63, 3.8) is 0 Å². The van der Waals surface area contributed by atoms with Gasteiger partial charge in [-0.25, -0.2) is 9.97 Å². The molecule has 1 fully saturated rings. The fourth-order valence-electron chi connectivity index (χ4n) is 2.80. The third-order valence-corrected chi connectivity index (χ3v) is 4.02. The van der Waals surface area contributed by atoms with Crippen LogP contribution in [0.5, 0.6) is 6.01 Å². The number of hydrogen-bond acceptors (Lipinski definition) is 6. The lowest BCUT2D eigenvalue weighted by Gasteiger charge is -2.16. The second-order valence-electron chi connectivity index (χ2n) is 5.67. The van der Waals surface area contributed by atoms with E-state index in [1.54, 1.807) is 17.1 Å². The van der Waals surface area contributed by atoms with E-state index in [0.717, 1.165) is 35.6 Å². The van der Waals surface area contributed by atoms with Gasteiger partial charge in [0.25, 0.3) is 0 Å². The maximum Gasteiger partial charge on any atom is 0.318 e. The molecule has 0 bridgehead atoms. The Morgan fingerprint density at radius 2 is 2.00 bits per heavy atom. The SMILES string of the molecule is Cn1ncc2cnc(OCc3cccc(N4CCCC4)n3)nc21. The first-order valence-corrected chi connectivity index (χ1v) is 7.78. The number of anilines is 1. The largest absolute Gasteiger partial charge is 0.457 e. The lowest BCUT2D eigenvalue weighted by atomic mass is 10.3. The highest BCUT2D eigenvalue weighted by atomic mass is 16.5. The number of ether oxygens (including phenoxy) is 1. The highest BCUT2D eigenvalue weighted by molar-refractivity contribution is 5.73. The van der Waals surface area contributed by atoms with Crippen LogP contribution in [0.15, 0.2) is 30.6 Å². The van der Waals surface area contributed by atoms with Crippen LogP contribution < -0.4 is 9.64 Å². The summed E-state index contributed by atoms with van der Waals surface area (Å²) in [5.74, 6) is 1.02. The van der Waals surface area contributed by atoms with E-state index >= 15 is 0 Å². The summed E-state index contributed by atoms with van der Waals surface area (Å²) in [6, 6.07) is 6.37. The van der Waals surface area contributed by atoms with Crippen LogP contribution in [0.4, 0.5) is 5.82 Å². The Morgan fingerprint density at radius 1 is 1.13 bits per heavy atom. The molecule has 0 saturated carbocycles. The summed E-state index contributed by atoms with van der Waals surface area (Å²) < 4.78 is 7.40. The second kappa shape index (κ2) is 5.83. The molecule has 0 N–H and O–H groups in total. The van der Waals surface area contributed by atoms with Crippen molar-refractivity contribution in [1.29, 1.82) is 0 Å². The van der Waals surface area contributed by atoms with Gasteiger partial charge in [-0.2, -0.15) is 10.1 Å². The Morgan fingerprint density at radius 3 is 2.87 bits per heavy atom. The average Bonchev–Trinajstić information content (AvgIpc) is 3.24. The minimum atomic E-state index is 0.342. The van der Waals surface area contributed by atoms with Crippen LogP contribution in [0.25, 0.3) is 11.0 Å². The van der Waals surface area contributed by atoms with Crippen molar-refractivity contribution in [1.82, 2.24) is 24.7 Å². The zero-order valence-corrected chi connectivity index (χ0v) is 13.0. The molecule has 118 valence electrons. The van der Waals surface area contributed by atoms with Gasteiger partial charge < -0.3 is 9.64 Å². The Labute approximate surface area is 133 Å². The zero-order chi connectivity index (χ0) is 15.6. The van der Waals surface area contributed by atoms with Crippen LogP contribution in [0.2, 0.25) is 0 Å². The highest BCUT2D eigenvalue weighted by Crippen LogP contribution is 2.18. The van der Waals surface area contributed by atoms with Crippen molar-refractivity contribution in [2.45, 2.75) is 19.4 Å². The summed E-state index contributed by atoms with van der Waals surface area (Å²) in [5, 5.41) is 5.05. The van der Waals surface area contributed by atoms with Crippen molar-refractivity contribution in [3.8, 4) is 6.01 Å². The van der Waals surface area contributed by atoms with Crippen molar-refractivity contribution >= 4 is 16.9 Å². The van der Waals surface area contributed by atoms with Crippen molar-refractivity contribution in [2.24, 2.45) is 7.05 Å². The van der Waals surface area contributed by atoms with Gasteiger partial charge in [0, 0.05) is 26.3 Å². The van der Waals surface area contributed by atoms with E-state index in [1.165, 1.54) is 12.8 Å². The molecule has 0 atom stereocenters. The van der Waals surface area contributed by atoms with Crippen molar-refractivity contribution in [3.05, 3.63) is 36.3 Å². The first-order chi connectivity index (χ1) is 11.3. The lowest BCUT2D eigenvalue weighted by Crippen LogP contribution is -2.19. The minimum Gasteiger partial charge on any atom is -0.457 e. The molecule has 0 aliphatic carbocycles. The van der Waals surface area contributed by atoms with E-state index < -0.39 is 0 Å². The van der Waals surface area contributed by atoms with Gasteiger partial charge in [0.15, 0.2) is 5.65 Å². The van der Waals surface area contributed by atoms with E-state index in [2.05, 4.69) is 25.0 Å². The summed E-state index contributed by atoms with van der Waals surface area (Å²) in [6.07, 6.45) is 5.93. The molecule has 3 aromatic rings. The second-order valence-corrected chi connectivity index (χ2v) is 5.67. The highest BCUT2D eigenvalue weighted by Gasteiger charge is 2.14. The normalized spacial score (nSPS) is 14.6. The third-order valence-electron chi connectivity index (χ3n) is 4.02. The number of aromatic nitrogens is 5. The Kier molecular flexibility index (Phi) is 3.53. The molecule has 4 heterocycles. The van der Waals surface area contributed by atoms with E-state index in [-0.39, 0.29) is 0 Å². The molecule has 7 heteroatoms. The van der Waals surface area contributed by atoms with E-state index in [4.69, 9.17) is 4.74 Å². The molecule has 0 radical (unpaired) electrons. The number of hydrogen-bond donors (Lipinski definition) is 0. The molecule has 1 aliphatic rings. The standard InChI is InChI=1S/C16H18N6O/c1-21-15-12(10-18-21)9-17-16(20-15)23-11-13-5-4-6-14(19-13)22-7-2-3-8-22/h4-6,9-10H,2-3,7-8,11H2,1H3. The lowest BCUT2D eigenvalue weighted by molar-refractivity contribution is 0.277. The Bertz CT molecular complexity index is 824. The summed E-state index contributed by atoms with van der Waals surface area (Å²) in [4.78, 5) is 15.6. The van der Waals surface area contributed by atoms with Crippen LogP contribution in [0.1, 0.15) is 18.5 Å². The maximum absolute atomic E-state index is 5.70. The van der Waals surface area contributed by atoms with E-state index in [1.807, 2.05) is 25.2 Å². The third kappa shape index (κ3) is 2.81.